The highest BCUT2D eigenvalue weighted by Gasteiger charge is 2.16. The summed E-state index contributed by atoms with van der Waals surface area (Å²) in [5, 5.41) is 3.85. The van der Waals surface area contributed by atoms with E-state index in [1.807, 2.05) is 43.5 Å². The maximum atomic E-state index is 12.2. The van der Waals surface area contributed by atoms with Crippen LogP contribution in [0.25, 0.3) is 0 Å². The molecule has 0 spiro atoms. The summed E-state index contributed by atoms with van der Waals surface area (Å²) >= 11 is 1.65. The summed E-state index contributed by atoms with van der Waals surface area (Å²) in [6.07, 6.45) is 1.87. The van der Waals surface area contributed by atoms with Gasteiger partial charge < -0.3 is 10.3 Å². The fraction of sp³-hybridized carbons (Fsp3) is 0.214. The van der Waals surface area contributed by atoms with Gasteiger partial charge in [0.25, 0.3) is 5.91 Å². The number of aryl methyl sites for hydroxylation is 1. The van der Waals surface area contributed by atoms with Crippen molar-refractivity contribution < 1.29 is 4.79 Å². The molecule has 0 radical (unpaired) electrons. The first-order valence-corrected chi connectivity index (χ1v) is 6.88. The normalized spacial score (nSPS) is 10.3. The maximum Gasteiger partial charge on any atom is 0.258 e. The molecule has 0 atom stereocenters. The largest absolute Gasteiger partial charge is 0.356 e. The molecule has 0 aliphatic heterocycles. The number of H-pyrrole nitrogens is 1. The number of anilines is 1. The van der Waals surface area contributed by atoms with E-state index in [1.54, 1.807) is 11.8 Å². The topological polar surface area (TPSA) is 44.9 Å². The molecule has 0 aliphatic rings. The minimum atomic E-state index is -0.0594. The number of aromatic amines is 1. The summed E-state index contributed by atoms with van der Waals surface area (Å²) in [7, 11) is 0. The van der Waals surface area contributed by atoms with Gasteiger partial charge >= 0.3 is 0 Å². The number of hydrogen-bond donors (Lipinski definition) is 2. The summed E-state index contributed by atoms with van der Waals surface area (Å²) in [6.45, 7) is 4.01. The Morgan fingerprint density at radius 1 is 1.33 bits per heavy atom. The predicted molar refractivity (Wildman–Crippen MR) is 76.3 cm³/mol. The Kier molecular flexibility index (Phi) is 4.10. The van der Waals surface area contributed by atoms with Crippen LogP contribution in [-0.4, -0.2) is 16.6 Å². The first kappa shape index (κ1) is 12.8. The molecule has 1 aromatic carbocycles. The van der Waals surface area contributed by atoms with E-state index in [0.717, 1.165) is 27.6 Å². The number of carbonyl (C=O) groups excluding carboxylic acids is 1. The summed E-state index contributed by atoms with van der Waals surface area (Å²) in [5.74, 6) is 0.877. The molecular formula is C14H16N2OS. The van der Waals surface area contributed by atoms with E-state index in [1.165, 1.54) is 0 Å². The molecule has 0 saturated carbocycles. The zero-order valence-electron chi connectivity index (χ0n) is 10.5. The van der Waals surface area contributed by atoms with Crippen LogP contribution in [0.4, 0.5) is 5.69 Å². The second kappa shape index (κ2) is 5.78. The number of rotatable bonds is 4. The predicted octanol–water partition coefficient (Wildman–Crippen LogP) is 3.69. The van der Waals surface area contributed by atoms with Crippen LogP contribution in [0.2, 0.25) is 0 Å². The van der Waals surface area contributed by atoms with Gasteiger partial charge in [0, 0.05) is 11.9 Å². The van der Waals surface area contributed by atoms with E-state index < -0.39 is 0 Å². The number of benzene rings is 1. The average Bonchev–Trinajstić information content (AvgIpc) is 2.72. The van der Waals surface area contributed by atoms with Gasteiger partial charge in [0.2, 0.25) is 0 Å². The number of carbonyl (C=O) groups is 1. The molecule has 0 bridgehead atoms. The van der Waals surface area contributed by atoms with Crippen LogP contribution in [0.1, 0.15) is 22.8 Å². The van der Waals surface area contributed by atoms with Crippen molar-refractivity contribution in [3.8, 4) is 0 Å². The van der Waals surface area contributed by atoms with Crippen LogP contribution in [0.5, 0.6) is 0 Å². The van der Waals surface area contributed by atoms with Crippen LogP contribution in [0, 0.1) is 6.92 Å². The molecule has 18 heavy (non-hydrogen) atoms. The molecular weight excluding hydrogens is 244 g/mol. The highest BCUT2D eigenvalue weighted by atomic mass is 32.2. The minimum Gasteiger partial charge on any atom is -0.356 e. The van der Waals surface area contributed by atoms with Gasteiger partial charge in [-0.25, -0.2) is 0 Å². The van der Waals surface area contributed by atoms with Gasteiger partial charge in [-0.05, 0) is 30.4 Å². The number of amides is 1. The molecule has 0 saturated heterocycles. The lowest BCUT2D eigenvalue weighted by molar-refractivity contribution is 0.102. The van der Waals surface area contributed by atoms with Crippen molar-refractivity contribution in [3.05, 3.63) is 47.7 Å². The summed E-state index contributed by atoms with van der Waals surface area (Å²) < 4.78 is 0. The highest BCUT2D eigenvalue weighted by molar-refractivity contribution is 7.99. The first-order chi connectivity index (χ1) is 8.72. The molecule has 1 aromatic heterocycles. The fourth-order valence-corrected chi connectivity index (χ4v) is 2.58. The van der Waals surface area contributed by atoms with Crippen LogP contribution in [0.15, 0.2) is 41.6 Å². The van der Waals surface area contributed by atoms with E-state index >= 15 is 0 Å². The average molecular weight is 260 g/mol. The van der Waals surface area contributed by atoms with Gasteiger partial charge in [-0.2, -0.15) is 0 Å². The van der Waals surface area contributed by atoms with E-state index in [4.69, 9.17) is 0 Å². The van der Waals surface area contributed by atoms with E-state index in [0.29, 0.717) is 0 Å². The van der Waals surface area contributed by atoms with Gasteiger partial charge in [-0.1, -0.05) is 25.1 Å². The molecule has 3 nitrogen and oxygen atoms in total. The summed E-state index contributed by atoms with van der Waals surface area (Å²) in [6, 6.07) is 9.50. The third-order valence-electron chi connectivity index (χ3n) is 2.59. The lowest BCUT2D eigenvalue weighted by Gasteiger charge is -2.06. The monoisotopic (exact) mass is 260 g/mol. The molecule has 2 N–H and O–H groups in total. The van der Waals surface area contributed by atoms with Crippen molar-refractivity contribution in [2.75, 3.05) is 11.1 Å². The van der Waals surface area contributed by atoms with Gasteiger partial charge in [-0.15, -0.1) is 11.8 Å². The highest BCUT2D eigenvalue weighted by Crippen LogP contribution is 2.24. The molecule has 94 valence electrons. The van der Waals surface area contributed by atoms with Crippen molar-refractivity contribution >= 4 is 23.4 Å². The SMILES string of the molecule is CCSc1[nH]cc(C)c1C(=O)Nc1ccccc1. The van der Waals surface area contributed by atoms with Crippen LogP contribution in [0.3, 0.4) is 0 Å². The Hall–Kier alpha value is -1.68. The number of thioether (sulfide) groups is 1. The van der Waals surface area contributed by atoms with Crippen molar-refractivity contribution in [2.24, 2.45) is 0 Å². The van der Waals surface area contributed by atoms with Crippen LogP contribution in [-0.2, 0) is 0 Å². The van der Waals surface area contributed by atoms with Gasteiger partial charge in [-0.3, -0.25) is 4.79 Å². The zero-order valence-corrected chi connectivity index (χ0v) is 11.3. The molecule has 0 unspecified atom stereocenters. The maximum absolute atomic E-state index is 12.2. The molecule has 0 fully saturated rings. The van der Waals surface area contributed by atoms with Crippen LogP contribution >= 0.6 is 11.8 Å². The van der Waals surface area contributed by atoms with E-state index in [9.17, 15) is 4.79 Å². The van der Waals surface area contributed by atoms with Crippen molar-refractivity contribution in [3.63, 3.8) is 0 Å². The third-order valence-corrected chi connectivity index (χ3v) is 3.49. The molecule has 1 amide bonds. The van der Waals surface area contributed by atoms with Crippen LogP contribution < -0.4 is 5.32 Å². The molecule has 4 heteroatoms. The minimum absolute atomic E-state index is 0.0594. The van der Waals surface area contributed by atoms with Crippen molar-refractivity contribution in [2.45, 2.75) is 18.9 Å². The Bertz CT molecular complexity index is 534. The van der Waals surface area contributed by atoms with Gasteiger partial charge in [0.1, 0.15) is 0 Å². The van der Waals surface area contributed by atoms with Crippen molar-refractivity contribution in [1.82, 2.24) is 4.98 Å². The Balaban J connectivity index is 2.21. The first-order valence-electron chi connectivity index (χ1n) is 5.89. The molecule has 2 rings (SSSR count). The summed E-state index contributed by atoms with van der Waals surface area (Å²) in [5.41, 5.74) is 2.53. The van der Waals surface area contributed by atoms with E-state index in [2.05, 4.69) is 17.2 Å². The van der Waals surface area contributed by atoms with Gasteiger partial charge in [0.15, 0.2) is 0 Å². The van der Waals surface area contributed by atoms with E-state index in [-0.39, 0.29) is 5.91 Å². The second-order valence-electron chi connectivity index (χ2n) is 3.93. The Morgan fingerprint density at radius 3 is 2.72 bits per heavy atom. The van der Waals surface area contributed by atoms with Gasteiger partial charge in [0.05, 0.1) is 10.6 Å². The number of hydrogen-bond acceptors (Lipinski definition) is 2. The number of para-hydroxylation sites is 1. The quantitative estimate of drug-likeness (QED) is 0.823. The molecule has 0 aliphatic carbocycles. The second-order valence-corrected chi connectivity index (χ2v) is 5.20. The standard InChI is InChI=1S/C14H16N2OS/c1-3-18-14-12(10(2)9-15-14)13(17)16-11-7-5-4-6-8-11/h4-9,15H,3H2,1-2H3,(H,16,17). The summed E-state index contributed by atoms with van der Waals surface area (Å²) in [4.78, 5) is 15.4. The number of nitrogens with one attached hydrogen (secondary N) is 2. The fourth-order valence-electron chi connectivity index (χ4n) is 1.75. The molecule has 1 heterocycles. The smallest absolute Gasteiger partial charge is 0.258 e. The zero-order chi connectivity index (χ0) is 13.0. The Labute approximate surface area is 111 Å². The molecule has 2 aromatic rings. The Morgan fingerprint density at radius 2 is 2.06 bits per heavy atom. The lowest BCUT2D eigenvalue weighted by atomic mass is 10.2. The number of aromatic nitrogens is 1. The lowest BCUT2D eigenvalue weighted by Crippen LogP contribution is -2.13. The van der Waals surface area contributed by atoms with Crippen molar-refractivity contribution in [1.29, 1.82) is 0 Å². The third kappa shape index (κ3) is 2.76.